The summed E-state index contributed by atoms with van der Waals surface area (Å²) in [5, 5.41) is 8.96. The average Bonchev–Trinajstić information content (AvgIpc) is 2.32. The van der Waals surface area contributed by atoms with E-state index in [1.807, 2.05) is 30.3 Å². The van der Waals surface area contributed by atoms with Crippen LogP contribution >= 0.6 is 22.6 Å². The van der Waals surface area contributed by atoms with Gasteiger partial charge in [0.1, 0.15) is 5.75 Å². The second kappa shape index (κ2) is 5.27. The number of ether oxygens (including phenoxy) is 1. The van der Waals surface area contributed by atoms with E-state index >= 15 is 0 Å². The topological polar surface area (TPSA) is 42.4 Å². The molecule has 0 amide bonds. The molecule has 16 heavy (non-hydrogen) atoms. The van der Waals surface area contributed by atoms with Gasteiger partial charge in [0, 0.05) is 6.07 Å². The van der Waals surface area contributed by atoms with Crippen LogP contribution in [0.15, 0.2) is 42.5 Å². The lowest BCUT2D eigenvalue weighted by Gasteiger charge is -2.07. The molecule has 0 atom stereocenters. The number of pyridine rings is 1. The van der Waals surface area contributed by atoms with Gasteiger partial charge in [0.15, 0.2) is 0 Å². The lowest BCUT2D eigenvalue weighted by molar-refractivity contribution is 0.275. The van der Waals surface area contributed by atoms with Gasteiger partial charge in [-0.3, -0.25) is 0 Å². The van der Waals surface area contributed by atoms with Crippen LogP contribution in [0.1, 0.15) is 5.69 Å². The first-order valence-electron chi connectivity index (χ1n) is 4.79. The maximum Gasteiger partial charge on any atom is 0.219 e. The molecule has 4 heteroatoms. The van der Waals surface area contributed by atoms with Gasteiger partial charge in [0.05, 0.1) is 15.9 Å². The summed E-state index contributed by atoms with van der Waals surface area (Å²) in [5.74, 6) is 1.27. The number of nitrogens with zero attached hydrogens (tertiary/aromatic N) is 1. The SMILES string of the molecule is OCc1cccc(Oc2ccccc2I)n1. The molecule has 1 heterocycles. The normalized spacial score (nSPS) is 10.1. The highest BCUT2D eigenvalue weighted by Gasteiger charge is 2.02. The van der Waals surface area contributed by atoms with E-state index in [1.54, 1.807) is 12.1 Å². The Labute approximate surface area is 107 Å². The molecule has 0 radical (unpaired) electrons. The Morgan fingerprint density at radius 1 is 1.12 bits per heavy atom. The predicted octanol–water partition coefficient (Wildman–Crippen LogP) is 2.97. The molecule has 0 fully saturated rings. The minimum Gasteiger partial charge on any atom is -0.438 e. The lowest BCUT2D eigenvalue weighted by atomic mass is 10.3. The standard InChI is InChI=1S/C12H10INO2/c13-10-5-1-2-6-11(10)16-12-7-3-4-9(8-15)14-12/h1-7,15H,8H2. The Morgan fingerprint density at radius 3 is 2.69 bits per heavy atom. The molecule has 0 bridgehead atoms. The van der Waals surface area contributed by atoms with Crippen molar-refractivity contribution in [2.45, 2.75) is 6.61 Å². The van der Waals surface area contributed by atoms with E-state index in [2.05, 4.69) is 27.6 Å². The Balaban J connectivity index is 2.24. The van der Waals surface area contributed by atoms with Crippen molar-refractivity contribution in [1.82, 2.24) is 4.98 Å². The van der Waals surface area contributed by atoms with Gasteiger partial charge in [-0.1, -0.05) is 18.2 Å². The van der Waals surface area contributed by atoms with E-state index in [0.717, 1.165) is 9.32 Å². The molecular weight excluding hydrogens is 317 g/mol. The largest absolute Gasteiger partial charge is 0.438 e. The summed E-state index contributed by atoms with van der Waals surface area (Å²) >= 11 is 2.20. The average molecular weight is 327 g/mol. The Kier molecular flexibility index (Phi) is 3.74. The van der Waals surface area contributed by atoms with Gasteiger partial charge < -0.3 is 9.84 Å². The number of aliphatic hydroxyl groups is 1. The lowest BCUT2D eigenvalue weighted by Crippen LogP contribution is -1.93. The molecule has 2 rings (SSSR count). The minimum absolute atomic E-state index is 0.0803. The van der Waals surface area contributed by atoms with Crippen molar-refractivity contribution < 1.29 is 9.84 Å². The number of hydrogen-bond donors (Lipinski definition) is 1. The monoisotopic (exact) mass is 327 g/mol. The molecule has 0 unspecified atom stereocenters. The number of para-hydroxylation sites is 1. The number of aliphatic hydroxyl groups excluding tert-OH is 1. The summed E-state index contributed by atoms with van der Waals surface area (Å²) in [7, 11) is 0. The Bertz CT molecular complexity index is 488. The molecule has 0 aliphatic heterocycles. The Hall–Kier alpha value is -1.14. The number of benzene rings is 1. The van der Waals surface area contributed by atoms with Crippen LogP contribution in [-0.4, -0.2) is 10.1 Å². The number of rotatable bonds is 3. The van der Waals surface area contributed by atoms with Crippen molar-refractivity contribution >= 4 is 22.6 Å². The van der Waals surface area contributed by atoms with Crippen molar-refractivity contribution in [2.75, 3.05) is 0 Å². The highest BCUT2D eigenvalue weighted by Crippen LogP contribution is 2.24. The van der Waals surface area contributed by atoms with E-state index in [-0.39, 0.29) is 6.61 Å². The summed E-state index contributed by atoms with van der Waals surface area (Å²) in [6.45, 7) is -0.0803. The fourth-order valence-electron chi connectivity index (χ4n) is 1.24. The van der Waals surface area contributed by atoms with Crippen molar-refractivity contribution in [2.24, 2.45) is 0 Å². The molecular formula is C12H10INO2. The third kappa shape index (κ3) is 2.70. The zero-order valence-electron chi connectivity index (χ0n) is 8.43. The van der Waals surface area contributed by atoms with Crippen LogP contribution in [0.2, 0.25) is 0 Å². The zero-order chi connectivity index (χ0) is 11.4. The van der Waals surface area contributed by atoms with Gasteiger partial charge in [-0.25, -0.2) is 4.98 Å². The van der Waals surface area contributed by atoms with Gasteiger partial charge in [0.25, 0.3) is 0 Å². The maximum absolute atomic E-state index is 8.96. The second-order valence-electron chi connectivity index (χ2n) is 3.16. The fraction of sp³-hybridized carbons (Fsp3) is 0.0833. The second-order valence-corrected chi connectivity index (χ2v) is 4.32. The quantitative estimate of drug-likeness (QED) is 0.882. The molecule has 0 spiro atoms. The summed E-state index contributed by atoms with van der Waals surface area (Å²) < 4.78 is 6.65. The van der Waals surface area contributed by atoms with Gasteiger partial charge in [-0.2, -0.15) is 0 Å². The predicted molar refractivity (Wildman–Crippen MR) is 69.4 cm³/mol. The summed E-state index contributed by atoms with van der Waals surface area (Å²) in [4.78, 5) is 4.15. The van der Waals surface area contributed by atoms with Gasteiger partial charge >= 0.3 is 0 Å². The molecule has 0 aliphatic carbocycles. The highest BCUT2D eigenvalue weighted by molar-refractivity contribution is 14.1. The van der Waals surface area contributed by atoms with Crippen molar-refractivity contribution in [1.29, 1.82) is 0 Å². The van der Waals surface area contributed by atoms with Crippen molar-refractivity contribution in [3.8, 4) is 11.6 Å². The smallest absolute Gasteiger partial charge is 0.219 e. The first kappa shape index (κ1) is 11.3. The molecule has 1 N–H and O–H groups in total. The van der Waals surface area contributed by atoms with Gasteiger partial charge in [0.2, 0.25) is 5.88 Å². The molecule has 3 nitrogen and oxygen atoms in total. The summed E-state index contributed by atoms with van der Waals surface area (Å²) in [5.41, 5.74) is 0.600. The molecule has 82 valence electrons. The van der Waals surface area contributed by atoms with E-state index in [4.69, 9.17) is 9.84 Å². The van der Waals surface area contributed by atoms with Crippen LogP contribution in [0.4, 0.5) is 0 Å². The van der Waals surface area contributed by atoms with Crippen LogP contribution in [0.5, 0.6) is 11.6 Å². The molecule has 0 saturated carbocycles. The zero-order valence-corrected chi connectivity index (χ0v) is 10.6. The Morgan fingerprint density at radius 2 is 1.94 bits per heavy atom. The first-order valence-corrected chi connectivity index (χ1v) is 5.86. The minimum atomic E-state index is -0.0803. The van der Waals surface area contributed by atoms with Crippen LogP contribution < -0.4 is 4.74 Å². The molecule has 1 aromatic heterocycles. The first-order chi connectivity index (χ1) is 7.79. The number of aromatic nitrogens is 1. The van der Waals surface area contributed by atoms with E-state index in [0.29, 0.717) is 11.6 Å². The van der Waals surface area contributed by atoms with E-state index in [1.165, 1.54) is 0 Å². The van der Waals surface area contributed by atoms with Crippen LogP contribution in [0, 0.1) is 3.57 Å². The molecule has 0 saturated heterocycles. The van der Waals surface area contributed by atoms with Gasteiger partial charge in [-0.05, 0) is 40.8 Å². The van der Waals surface area contributed by atoms with Gasteiger partial charge in [-0.15, -0.1) is 0 Å². The van der Waals surface area contributed by atoms with Crippen LogP contribution in [-0.2, 0) is 6.61 Å². The number of hydrogen-bond acceptors (Lipinski definition) is 3. The van der Waals surface area contributed by atoms with Crippen LogP contribution in [0.3, 0.4) is 0 Å². The van der Waals surface area contributed by atoms with Crippen LogP contribution in [0.25, 0.3) is 0 Å². The fourth-order valence-corrected chi connectivity index (χ4v) is 1.74. The molecule has 2 aromatic rings. The third-order valence-corrected chi connectivity index (χ3v) is 2.89. The van der Waals surface area contributed by atoms with E-state index < -0.39 is 0 Å². The van der Waals surface area contributed by atoms with E-state index in [9.17, 15) is 0 Å². The third-order valence-electron chi connectivity index (χ3n) is 1.99. The summed E-state index contributed by atoms with van der Waals surface area (Å²) in [6, 6.07) is 13.0. The molecule has 0 aliphatic rings. The van der Waals surface area contributed by atoms with Crippen molar-refractivity contribution in [3.05, 3.63) is 51.7 Å². The highest BCUT2D eigenvalue weighted by atomic mass is 127. The maximum atomic E-state index is 8.96. The molecule has 1 aromatic carbocycles. The van der Waals surface area contributed by atoms with Crippen molar-refractivity contribution in [3.63, 3.8) is 0 Å². The summed E-state index contributed by atoms with van der Waals surface area (Å²) in [6.07, 6.45) is 0. The number of halogens is 1.